The SMILES string of the molecule is COc1cc(CNC(=O)OC(C)(C)C)cc([C@H]2CC(=O)[C@@H]3OC(C)(C)O[C@H]23)c1. The minimum atomic E-state index is -0.774. The Balaban J connectivity index is 1.78. The van der Waals surface area contributed by atoms with Crippen molar-refractivity contribution >= 4 is 11.9 Å². The van der Waals surface area contributed by atoms with Gasteiger partial charge in [0.05, 0.1) is 7.11 Å². The first-order chi connectivity index (χ1) is 13.0. The number of alkyl carbamates (subject to hydrolysis) is 1. The number of rotatable bonds is 4. The van der Waals surface area contributed by atoms with E-state index < -0.39 is 23.6 Å². The van der Waals surface area contributed by atoms with E-state index in [0.29, 0.717) is 12.2 Å². The van der Waals surface area contributed by atoms with Crippen molar-refractivity contribution in [2.75, 3.05) is 7.11 Å². The van der Waals surface area contributed by atoms with Crippen molar-refractivity contribution in [2.45, 2.75) is 77.1 Å². The van der Waals surface area contributed by atoms with Crippen LogP contribution in [0.3, 0.4) is 0 Å². The Morgan fingerprint density at radius 2 is 1.96 bits per heavy atom. The van der Waals surface area contributed by atoms with Crippen molar-refractivity contribution < 1.29 is 28.5 Å². The summed E-state index contributed by atoms with van der Waals surface area (Å²) in [6.07, 6.45) is -0.976. The maximum absolute atomic E-state index is 12.4. The molecule has 28 heavy (non-hydrogen) atoms. The van der Waals surface area contributed by atoms with Gasteiger partial charge in [0.1, 0.15) is 23.6 Å². The molecule has 0 aromatic heterocycles. The molecule has 3 rings (SSSR count). The molecule has 1 amide bonds. The second kappa shape index (κ2) is 7.37. The highest BCUT2D eigenvalue weighted by atomic mass is 16.8. The molecule has 2 fully saturated rings. The van der Waals surface area contributed by atoms with E-state index in [1.807, 2.05) is 52.8 Å². The number of Topliss-reactive ketones (excluding diaryl/α,β-unsaturated/α-hetero) is 1. The normalized spacial score (nSPS) is 26.1. The molecule has 7 nitrogen and oxygen atoms in total. The molecule has 0 spiro atoms. The number of methoxy groups -OCH3 is 1. The van der Waals surface area contributed by atoms with E-state index in [4.69, 9.17) is 18.9 Å². The first kappa shape index (κ1) is 20.6. The minimum absolute atomic E-state index is 0.0526. The van der Waals surface area contributed by atoms with Crippen LogP contribution in [0.4, 0.5) is 4.79 Å². The van der Waals surface area contributed by atoms with Crippen molar-refractivity contribution in [2.24, 2.45) is 0 Å². The number of carbonyl (C=O) groups excluding carboxylic acids is 2. The van der Waals surface area contributed by atoms with Gasteiger partial charge in [-0.2, -0.15) is 0 Å². The molecule has 1 aromatic rings. The smallest absolute Gasteiger partial charge is 0.407 e. The fourth-order valence-electron chi connectivity index (χ4n) is 3.70. The largest absolute Gasteiger partial charge is 0.497 e. The predicted octanol–water partition coefficient (Wildman–Crippen LogP) is 3.30. The van der Waals surface area contributed by atoms with Gasteiger partial charge in [-0.05, 0) is 57.9 Å². The van der Waals surface area contributed by atoms with E-state index in [1.54, 1.807) is 7.11 Å². The van der Waals surface area contributed by atoms with Crippen molar-refractivity contribution in [3.8, 4) is 5.75 Å². The molecule has 7 heteroatoms. The monoisotopic (exact) mass is 391 g/mol. The zero-order valence-electron chi connectivity index (χ0n) is 17.3. The van der Waals surface area contributed by atoms with E-state index in [-0.39, 0.29) is 24.3 Å². The quantitative estimate of drug-likeness (QED) is 0.848. The topological polar surface area (TPSA) is 83.1 Å². The lowest BCUT2D eigenvalue weighted by atomic mass is 9.93. The first-order valence-corrected chi connectivity index (χ1v) is 9.50. The number of nitrogens with one attached hydrogen (secondary N) is 1. The molecule has 0 bridgehead atoms. The van der Waals surface area contributed by atoms with Crippen LogP contribution in [0.15, 0.2) is 18.2 Å². The number of carbonyl (C=O) groups is 2. The molecule has 1 aromatic carbocycles. The summed E-state index contributed by atoms with van der Waals surface area (Å²) >= 11 is 0. The van der Waals surface area contributed by atoms with Crippen LogP contribution >= 0.6 is 0 Å². The molecule has 1 N–H and O–H groups in total. The van der Waals surface area contributed by atoms with Gasteiger partial charge in [0.25, 0.3) is 0 Å². The van der Waals surface area contributed by atoms with Gasteiger partial charge in [0, 0.05) is 18.9 Å². The maximum Gasteiger partial charge on any atom is 0.407 e. The zero-order valence-corrected chi connectivity index (χ0v) is 17.3. The molecule has 1 aliphatic carbocycles. The molecule has 154 valence electrons. The molecule has 0 unspecified atom stereocenters. The third-order valence-electron chi connectivity index (χ3n) is 4.75. The summed E-state index contributed by atoms with van der Waals surface area (Å²) in [4.78, 5) is 24.4. The van der Waals surface area contributed by atoms with E-state index in [9.17, 15) is 9.59 Å². The third-order valence-corrected chi connectivity index (χ3v) is 4.75. The van der Waals surface area contributed by atoms with Gasteiger partial charge in [0.15, 0.2) is 11.6 Å². The summed E-state index contributed by atoms with van der Waals surface area (Å²) in [6, 6.07) is 5.73. The van der Waals surface area contributed by atoms with Crippen molar-refractivity contribution in [1.29, 1.82) is 0 Å². The van der Waals surface area contributed by atoms with Crippen LogP contribution in [-0.4, -0.2) is 42.6 Å². The Morgan fingerprint density at radius 1 is 1.25 bits per heavy atom. The molecule has 3 atom stereocenters. The third kappa shape index (κ3) is 4.64. The van der Waals surface area contributed by atoms with Gasteiger partial charge in [-0.15, -0.1) is 0 Å². The number of benzene rings is 1. The Hall–Kier alpha value is -2.12. The average molecular weight is 391 g/mol. The van der Waals surface area contributed by atoms with Crippen LogP contribution in [-0.2, 0) is 25.5 Å². The number of ether oxygens (including phenoxy) is 4. The highest BCUT2D eigenvalue weighted by Crippen LogP contribution is 2.45. The zero-order chi connectivity index (χ0) is 20.7. The Kier molecular flexibility index (Phi) is 5.42. The summed E-state index contributed by atoms with van der Waals surface area (Å²) in [6.45, 7) is 9.37. The van der Waals surface area contributed by atoms with Crippen LogP contribution in [0.25, 0.3) is 0 Å². The highest BCUT2D eigenvalue weighted by molar-refractivity contribution is 5.88. The van der Waals surface area contributed by atoms with Crippen LogP contribution in [0, 0.1) is 0 Å². The standard InChI is InChI=1S/C21H29NO6/c1-20(2,3)28-19(24)22-11-12-7-13(9-14(8-12)25-6)15-10-16(23)18-17(15)26-21(4,5)27-18/h7-9,15,17-18H,10-11H2,1-6H3,(H,22,24)/t15-,17-,18+/m1/s1. The molecule has 1 saturated carbocycles. The molecular weight excluding hydrogens is 362 g/mol. The second-order valence-electron chi connectivity index (χ2n) is 8.77. The highest BCUT2D eigenvalue weighted by Gasteiger charge is 2.54. The van der Waals surface area contributed by atoms with Gasteiger partial charge >= 0.3 is 6.09 Å². The Morgan fingerprint density at radius 3 is 2.61 bits per heavy atom. The fraction of sp³-hybridized carbons (Fsp3) is 0.619. The van der Waals surface area contributed by atoms with Crippen LogP contribution in [0.2, 0.25) is 0 Å². The van der Waals surface area contributed by atoms with Crippen molar-refractivity contribution in [3.63, 3.8) is 0 Å². The minimum Gasteiger partial charge on any atom is -0.497 e. The number of fused-ring (bicyclic) bond motifs is 1. The molecule has 1 saturated heterocycles. The number of ketones is 1. The molecule has 0 radical (unpaired) electrons. The van der Waals surface area contributed by atoms with E-state index in [2.05, 4.69) is 5.32 Å². The van der Waals surface area contributed by atoms with Crippen LogP contribution in [0.5, 0.6) is 5.75 Å². The molecule has 2 aliphatic rings. The van der Waals surface area contributed by atoms with E-state index in [1.165, 1.54) is 0 Å². The average Bonchev–Trinajstić information content (AvgIpc) is 3.05. The number of hydrogen-bond acceptors (Lipinski definition) is 6. The lowest BCUT2D eigenvalue weighted by Crippen LogP contribution is -2.32. The van der Waals surface area contributed by atoms with Gasteiger partial charge in [0.2, 0.25) is 0 Å². The summed E-state index contributed by atoms with van der Waals surface area (Å²) in [5.74, 6) is -0.178. The summed E-state index contributed by atoms with van der Waals surface area (Å²) < 4.78 is 22.5. The fourth-order valence-corrected chi connectivity index (χ4v) is 3.70. The number of amides is 1. The number of hydrogen-bond donors (Lipinski definition) is 1. The lowest BCUT2D eigenvalue weighted by Gasteiger charge is -2.22. The lowest BCUT2D eigenvalue weighted by molar-refractivity contribution is -0.160. The summed E-state index contributed by atoms with van der Waals surface area (Å²) in [7, 11) is 1.59. The summed E-state index contributed by atoms with van der Waals surface area (Å²) in [5.41, 5.74) is 1.23. The van der Waals surface area contributed by atoms with Gasteiger partial charge < -0.3 is 24.3 Å². The first-order valence-electron chi connectivity index (χ1n) is 9.50. The predicted molar refractivity (Wildman–Crippen MR) is 102 cm³/mol. The molecule has 1 aliphatic heterocycles. The Bertz CT molecular complexity index is 767. The van der Waals surface area contributed by atoms with Crippen LogP contribution in [0.1, 0.15) is 58.1 Å². The van der Waals surface area contributed by atoms with Gasteiger partial charge in [-0.3, -0.25) is 4.79 Å². The maximum atomic E-state index is 12.4. The second-order valence-corrected chi connectivity index (χ2v) is 8.77. The van der Waals surface area contributed by atoms with Gasteiger partial charge in [-0.1, -0.05) is 6.07 Å². The van der Waals surface area contributed by atoms with Crippen LogP contribution < -0.4 is 10.1 Å². The van der Waals surface area contributed by atoms with Crippen molar-refractivity contribution in [3.05, 3.63) is 29.3 Å². The molecular formula is C21H29NO6. The van der Waals surface area contributed by atoms with E-state index >= 15 is 0 Å². The molecule has 1 heterocycles. The van der Waals surface area contributed by atoms with Crippen molar-refractivity contribution in [1.82, 2.24) is 5.32 Å². The Labute approximate surface area is 165 Å². The van der Waals surface area contributed by atoms with Gasteiger partial charge in [-0.25, -0.2) is 4.79 Å². The van der Waals surface area contributed by atoms with E-state index in [0.717, 1.165) is 11.1 Å². The summed E-state index contributed by atoms with van der Waals surface area (Å²) in [5, 5.41) is 2.75.